The Kier molecular flexibility index (Phi) is 4.15. The summed E-state index contributed by atoms with van der Waals surface area (Å²) in [5.41, 5.74) is 1.12. The van der Waals surface area contributed by atoms with Crippen molar-refractivity contribution in [1.29, 1.82) is 0 Å². The van der Waals surface area contributed by atoms with Crippen molar-refractivity contribution in [2.24, 2.45) is 13.0 Å². The fourth-order valence-corrected chi connectivity index (χ4v) is 1.81. The van der Waals surface area contributed by atoms with Crippen LogP contribution in [0.25, 0.3) is 0 Å². The lowest BCUT2D eigenvalue weighted by Gasteiger charge is -2.22. The Morgan fingerprint density at radius 3 is 2.67 bits per heavy atom. The molecule has 0 spiro atoms. The van der Waals surface area contributed by atoms with Crippen LogP contribution >= 0.6 is 0 Å². The van der Waals surface area contributed by atoms with Crippen LogP contribution < -0.4 is 10.1 Å². The number of aryl methyl sites for hydroxylation is 1. The number of methoxy groups -OCH3 is 1. The Bertz CT molecular complexity index is 307. The van der Waals surface area contributed by atoms with E-state index in [-0.39, 0.29) is 6.04 Å². The summed E-state index contributed by atoms with van der Waals surface area (Å²) < 4.78 is 7.20. The molecule has 4 heteroatoms. The molecule has 0 bridgehead atoms. The summed E-state index contributed by atoms with van der Waals surface area (Å²) in [6.45, 7) is 7.44. The molecule has 0 fully saturated rings. The Morgan fingerprint density at radius 2 is 2.20 bits per heavy atom. The largest absolute Gasteiger partial charge is 0.493 e. The summed E-state index contributed by atoms with van der Waals surface area (Å²) in [5.74, 6) is 1.37. The molecule has 0 aromatic carbocycles. The van der Waals surface area contributed by atoms with E-state index in [2.05, 4.69) is 31.2 Å². The van der Waals surface area contributed by atoms with E-state index in [1.54, 1.807) is 13.3 Å². The van der Waals surface area contributed by atoms with Crippen LogP contribution in [0, 0.1) is 5.92 Å². The number of hydrogen-bond donors (Lipinski definition) is 1. The van der Waals surface area contributed by atoms with Gasteiger partial charge in [-0.1, -0.05) is 20.8 Å². The van der Waals surface area contributed by atoms with E-state index in [0.29, 0.717) is 5.92 Å². The highest BCUT2D eigenvalue weighted by atomic mass is 16.5. The third-order valence-corrected chi connectivity index (χ3v) is 2.55. The van der Waals surface area contributed by atoms with Crippen LogP contribution in [0.2, 0.25) is 0 Å². The van der Waals surface area contributed by atoms with E-state index in [1.807, 2.05) is 11.7 Å². The zero-order chi connectivity index (χ0) is 11.4. The third kappa shape index (κ3) is 2.50. The Hall–Kier alpha value is -1.03. The Morgan fingerprint density at radius 1 is 1.53 bits per heavy atom. The molecule has 1 N–H and O–H groups in total. The first-order valence-corrected chi connectivity index (χ1v) is 5.41. The summed E-state index contributed by atoms with van der Waals surface area (Å²) >= 11 is 0. The highest BCUT2D eigenvalue weighted by Gasteiger charge is 2.22. The van der Waals surface area contributed by atoms with Crippen LogP contribution in [-0.2, 0) is 7.05 Å². The van der Waals surface area contributed by atoms with Gasteiger partial charge in [-0.3, -0.25) is 4.68 Å². The number of hydrogen-bond acceptors (Lipinski definition) is 3. The van der Waals surface area contributed by atoms with Crippen LogP contribution in [0.4, 0.5) is 0 Å². The highest BCUT2D eigenvalue weighted by Crippen LogP contribution is 2.29. The minimum absolute atomic E-state index is 0.289. The lowest BCUT2D eigenvalue weighted by atomic mass is 10.0. The molecular weight excluding hydrogens is 190 g/mol. The lowest BCUT2D eigenvalue weighted by molar-refractivity contribution is 0.361. The van der Waals surface area contributed by atoms with Gasteiger partial charge in [0.25, 0.3) is 0 Å². The lowest BCUT2D eigenvalue weighted by Crippen LogP contribution is -2.27. The molecule has 1 rings (SSSR count). The summed E-state index contributed by atoms with van der Waals surface area (Å²) in [6.07, 6.45) is 1.77. The van der Waals surface area contributed by atoms with E-state index < -0.39 is 0 Å². The molecule has 0 aliphatic heterocycles. The normalized spacial score (nSPS) is 13.2. The van der Waals surface area contributed by atoms with Crippen LogP contribution in [0.15, 0.2) is 6.20 Å². The van der Waals surface area contributed by atoms with E-state index in [0.717, 1.165) is 18.0 Å². The van der Waals surface area contributed by atoms with E-state index in [9.17, 15) is 0 Å². The molecule has 15 heavy (non-hydrogen) atoms. The average molecular weight is 211 g/mol. The summed E-state index contributed by atoms with van der Waals surface area (Å²) in [5, 5.41) is 7.68. The van der Waals surface area contributed by atoms with Crippen molar-refractivity contribution >= 4 is 0 Å². The quantitative estimate of drug-likeness (QED) is 0.806. The average Bonchev–Trinajstić information content (AvgIpc) is 2.55. The number of ether oxygens (including phenoxy) is 1. The third-order valence-electron chi connectivity index (χ3n) is 2.55. The summed E-state index contributed by atoms with van der Waals surface area (Å²) in [7, 11) is 3.63. The molecular formula is C11H21N3O. The van der Waals surface area contributed by atoms with Gasteiger partial charge in [0.15, 0.2) is 5.75 Å². The van der Waals surface area contributed by atoms with Crippen LogP contribution in [0.3, 0.4) is 0 Å². The molecule has 1 atom stereocenters. The maximum absolute atomic E-state index is 5.32. The molecule has 0 saturated heterocycles. The maximum Gasteiger partial charge on any atom is 0.161 e. The minimum atomic E-state index is 0.289. The van der Waals surface area contributed by atoms with Gasteiger partial charge in [-0.05, 0) is 12.5 Å². The monoisotopic (exact) mass is 211 g/mol. The van der Waals surface area contributed by atoms with Gasteiger partial charge in [-0.25, -0.2) is 0 Å². The number of nitrogens with one attached hydrogen (secondary N) is 1. The van der Waals surface area contributed by atoms with Crippen molar-refractivity contribution in [2.75, 3.05) is 13.7 Å². The summed E-state index contributed by atoms with van der Waals surface area (Å²) in [4.78, 5) is 0. The van der Waals surface area contributed by atoms with Crippen LogP contribution in [0.5, 0.6) is 5.75 Å². The van der Waals surface area contributed by atoms with Gasteiger partial charge < -0.3 is 10.1 Å². The van der Waals surface area contributed by atoms with Crippen molar-refractivity contribution in [2.45, 2.75) is 26.8 Å². The number of rotatable bonds is 5. The smallest absolute Gasteiger partial charge is 0.161 e. The number of nitrogens with zero attached hydrogens (tertiary/aromatic N) is 2. The molecule has 1 aromatic rings. The first kappa shape index (κ1) is 12.0. The van der Waals surface area contributed by atoms with Crippen molar-refractivity contribution in [3.05, 3.63) is 11.9 Å². The van der Waals surface area contributed by atoms with Gasteiger partial charge in [-0.15, -0.1) is 0 Å². The van der Waals surface area contributed by atoms with Crippen molar-refractivity contribution in [3.8, 4) is 5.75 Å². The van der Waals surface area contributed by atoms with E-state index in [1.165, 1.54) is 0 Å². The topological polar surface area (TPSA) is 39.1 Å². The van der Waals surface area contributed by atoms with Gasteiger partial charge in [0.2, 0.25) is 0 Å². The van der Waals surface area contributed by atoms with Crippen LogP contribution in [0.1, 0.15) is 32.5 Å². The zero-order valence-electron chi connectivity index (χ0n) is 10.2. The molecule has 4 nitrogen and oxygen atoms in total. The van der Waals surface area contributed by atoms with Gasteiger partial charge >= 0.3 is 0 Å². The van der Waals surface area contributed by atoms with Gasteiger partial charge in [-0.2, -0.15) is 5.10 Å². The fourth-order valence-electron chi connectivity index (χ4n) is 1.81. The maximum atomic E-state index is 5.32. The summed E-state index contributed by atoms with van der Waals surface area (Å²) in [6, 6.07) is 0.289. The standard InChI is InChI=1S/C11H21N3O/c1-6-12-10(8(2)3)11-9(15-5)7-13-14(11)4/h7-8,10,12H,6H2,1-5H3. The predicted molar refractivity (Wildman–Crippen MR) is 61.0 cm³/mol. The SMILES string of the molecule is CCNC(c1c(OC)cnn1C)C(C)C. The molecule has 1 heterocycles. The molecule has 0 amide bonds. The van der Waals surface area contributed by atoms with E-state index in [4.69, 9.17) is 4.74 Å². The second-order valence-electron chi connectivity index (χ2n) is 4.00. The zero-order valence-corrected chi connectivity index (χ0v) is 10.2. The van der Waals surface area contributed by atoms with Crippen molar-refractivity contribution < 1.29 is 4.74 Å². The molecule has 1 unspecified atom stereocenters. The molecule has 1 aromatic heterocycles. The van der Waals surface area contributed by atoms with Crippen LogP contribution in [-0.4, -0.2) is 23.4 Å². The molecule has 86 valence electrons. The molecule has 0 aliphatic carbocycles. The first-order valence-electron chi connectivity index (χ1n) is 5.41. The van der Waals surface area contributed by atoms with Gasteiger partial charge in [0.05, 0.1) is 25.0 Å². The Balaban J connectivity index is 3.03. The van der Waals surface area contributed by atoms with Crippen molar-refractivity contribution in [1.82, 2.24) is 15.1 Å². The highest BCUT2D eigenvalue weighted by molar-refractivity contribution is 5.28. The minimum Gasteiger partial charge on any atom is -0.493 e. The van der Waals surface area contributed by atoms with E-state index >= 15 is 0 Å². The van der Waals surface area contributed by atoms with Crippen molar-refractivity contribution in [3.63, 3.8) is 0 Å². The molecule has 0 radical (unpaired) electrons. The molecule has 0 saturated carbocycles. The number of aromatic nitrogens is 2. The van der Waals surface area contributed by atoms with Gasteiger partial charge in [0, 0.05) is 7.05 Å². The second kappa shape index (κ2) is 5.16. The first-order chi connectivity index (χ1) is 7.11. The Labute approximate surface area is 91.6 Å². The predicted octanol–water partition coefficient (Wildman–Crippen LogP) is 1.74. The second-order valence-corrected chi connectivity index (χ2v) is 4.00. The van der Waals surface area contributed by atoms with Gasteiger partial charge in [0.1, 0.15) is 0 Å². The molecule has 0 aliphatic rings. The fraction of sp³-hybridized carbons (Fsp3) is 0.727.